The van der Waals surface area contributed by atoms with E-state index in [1.807, 2.05) is 13.0 Å². The molecule has 2 aromatic carbocycles. The van der Waals surface area contributed by atoms with Crippen molar-refractivity contribution in [2.75, 3.05) is 20.3 Å². The first kappa shape index (κ1) is 19.3. The van der Waals surface area contributed by atoms with Crippen LogP contribution in [-0.2, 0) is 15.0 Å². The number of nitrogens with one attached hydrogen (secondary N) is 1. The molecule has 6 nitrogen and oxygen atoms in total. The van der Waals surface area contributed by atoms with Crippen LogP contribution in [0, 0.1) is 6.92 Å². The minimum absolute atomic E-state index is 0.0316. The second-order valence-corrected chi connectivity index (χ2v) is 6.20. The lowest BCUT2D eigenvalue weighted by atomic mass is 9.82. The normalized spacial score (nSPS) is 12.7. The number of benzene rings is 2. The molecule has 0 saturated heterocycles. The zero-order chi connectivity index (χ0) is 19.2. The first-order chi connectivity index (χ1) is 12.4. The van der Waals surface area contributed by atoms with E-state index in [1.54, 1.807) is 56.5 Å². The maximum Gasteiger partial charge on any atom is 0.315 e. The third-order valence-electron chi connectivity index (χ3n) is 4.26. The fourth-order valence-electron chi connectivity index (χ4n) is 2.52. The molecule has 1 atom stereocenters. The summed E-state index contributed by atoms with van der Waals surface area (Å²) in [5, 5.41) is 12.2. The highest BCUT2D eigenvalue weighted by atomic mass is 16.5. The summed E-state index contributed by atoms with van der Waals surface area (Å²) in [4.78, 5) is 23.8. The fraction of sp³-hybridized carbons (Fsp3) is 0.300. The first-order valence-electron chi connectivity index (χ1n) is 8.20. The summed E-state index contributed by atoms with van der Waals surface area (Å²) < 4.78 is 10.6. The maximum absolute atomic E-state index is 12.1. The minimum Gasteiger partial charge on any atom is -0.496 e. The van der Waals surface area contributed by atoms with Crippen molar-refractivity contribution in [3.8, 4) is 11.5 Å². The van der Waals surface area contributed by atoms with E-state index in [4.69, 9.17) is 9.47 Å². The summed E-state index contributed by atoms with van der Waals surface area (Å²) in [6.45, 7) is 3.23. The first-order valence-corrected chi connectivity index (χ1v) is 8.20. The van der Waals surface area contributed by atoms with E-state index in [0.717, 1.165) is 11.3 Å². The number of aliphatic carboxylic acids is 1. The quantitative estimate of drug-likeness (QED) is 0.758. The van der Waals surface area contributed by atoms with E-state index in [9.17, 15) is 14.7 Å². The molecule has 26 heavy (non-hydrogen) atoms. The van der Waals surface area contributed by atoms with Crippen LogP contribution < -0.4 is 14.8 Å². The van der Waals surface area contributed by atoms with Crippen molar-refractivity contribution < 1.29 is 24.2 Å². The number of hydrogen-bond acceptors (Lipinski definition) is 4. The van der Waals surface area contributed by atoms with E-state index in [0.29, 0.717) is 11.3 Å². The van der Waals surface area contributed by atoms with Gasteiger partial charge in [-0.05, 0) is 43.2 Å². The number of amides is 1. The Hall–Kier alpha value is -3.02. The highest BCUT2D eigenvalue weighted by molar-refractivity contribution is 5.83. The number of carbonyl (C=O) groups excluding carboxylic acids is 1. The summed E-state index contributed by atoms with van der Waals surface area (Å²) in [7, 11) is 1.59. The third kappa shape index (κ3) is 4.53. The highest BCUT2D eigenvalue weighted by Gasteiger charge is 2.35. The molecule has 0 aliphatic rings. The summed E-state index contributed by atoms with van der Waals surface area (Å²) in [6.07, 6.45) is 0. The third-order valence-corrected chi connectivity index (χ3v) is 4.26. The molecular formula is C20H23NO5. The number of hydrogen-bond donors (Lipinski definition) is 2. The fourth-order valence-corrected chi connectivity index (χ4v) is 2.52. The van der Waals surface area contributed by atoms with Crippen LogP contribution in [0.1, 0.15) is 18.1 Å². The minimum atomic E-state index is -1.21. The zero-order valence-corrected chi connectivity index (χ0v) is 15.1. The van der Waals surface area contributed by atoms with Gasteiger partial charge in [-0.15, -0.1) is 0 Å². The number of ether oxygens (including phenoxy) is 2. The molecule has 6 heteroatoms. The Balaban J connectivity index is 1.95. The molecule has 0 radical (unpaired) electrons. The van der Waals surface area contributed by atoms with Crippen molar-refractivity contribution in [2.45, 2.75) is 19.3 Å². The van der Waals surface area contributed by atoms with E-state index >= 15 is 0 Å². The number of carboxylic acids is 1. The van der Waals surface area contributed by atoms with Crippen LogP contribution in [0.4, 0.5) is 0 Å². The predicted molar refractivity (Wildman–Crippen MR) is 97.7 cm³/mol. The molecule has 0 saturated carbocycles. The molecule has 1 unspecified atom stereocenters. The van der Waals surface area contributed by atoms with Crippen molar-refractivity contribution >= 4 is 11.9 Å². The van der Waals surface area contributed by atoms with Crippen LogP contribution in [0.15, 0.2) is 48.5 Å². The molecule has 2 N–H and O–H groups in total. The van der Waals surface area contributed by atoms with Gasteiger partial charge in [0.1, 0.15) is 16.9 Å². The van der Waals surface area contributed by atoms with Gasteiger partial charge in [-0.2, -0.15) is 0 Å². The average Bonchev–Trinajstić information content (AvgIpc) is 2.65. The van der Waals surface area contributed by atoms with Gasteiger partial charge in [0.05, 0.1) is 7.11 Å². The maximum atomic E-state index is 12.1. The van der Waals surface area contributed by atoms with Gasteiger partial charge in [-0.3, -0.25) is 9.59 Å². The Morgan fingerprint density at radius 1 is 1.15 bits per heavy atom. The van der Waals surface area contributed by atoms with Crippen LogP contribution in [0.2, 0.25) is 0 Å². The second kappa shape index (κ2) is 8.38. The smallest absolute Gasteiger partial charge is 0.315 e. The SMILES string of the molecule is COc1ccc(OCC(=O)NCC(C)(C(=O)O)c2ccccc2)cc1C. The molecule has 138 valence electrons. The number of methoxy groups -OCH3 is 1. The summed E-state index contributed by atoms with van der Waals surface area (Å²) >= 11 is 0. The topological polar surface area (TPSA) is 84.9 Å². The van der Waals surface area contributed by atoms with Crippen LogP contribution >= 0.6 is 0 Å². The van der Waals surface area contributed by atoms with Gasteiger partial charge in [0.2, 0.25) is 0 Å². The standard InChI is InChI=1S/C20H23NO5/c1-14-11-16(9-10-17(14)25-3)26-12-18(22)21-13-20(2,19(23)24)15-7-5-4-6-8-15/h4-11H,12-13H2,1-3H3,(H,21,22)(H,23,24). The van der Waals surface area contributed by atoms with E-state index in [-0.39, 0.29) is 19.1 Å². The number of carbonyl (C=O) groups is 2. The molecule has 0 aliphatic heterocycles. The van der Waals surface area contributed by atoms with Crippen LogP contribution in [0.25, 0.3) is 0 Å². The van der Waals surface area contributed by atoms with Gasteiger partial charge in [0.25, 0.3) is 5.91 Å². The summed E-state index contributed by atoms with van der Waals surface area (Å²) in [5.41, 5.74) is 0.306. The van der Waals surface area contributed by atoms with Crippen molar-refractivity contribution in [1.29, 1.82) is 0 Å². The lowest BCUT2D eigenvalue weighted by Gasteiger charge is -2.25. The van der Waals surface area contributed by atoms with Gasteiger partial charge < -0.3 is 19.9 Å². The number of aryl methyl sites for hydroxylation is 1. The van der Waals surface area contributed by atoms with Gasteiger partial charge >= 0.3 is 5.97 Å². The molecule has 0 aromatic heterocycles. The van der Waals surface area contributed by atoms with Crippen molar-refractivity contribution in [1.82, 2.24) is 5.32 Å². The molecular weight excluding hydrogens is 334 g/mol. The Morgan fingerprint density at radius 3 is 2.42 bits per heavy atom. The lowest BCUT2D eigenvalue weighted by molar-refractivity contribution is -0.143. The van der Waals surface area contributed by atoms with Gasteiger partial charge in [0.15, 0.2) is 6.61 Å². The van der Waals surface area contributed by atoms with Crippen LogP contribution in [0.3, 0.4) is 0 Å². The summed E-state index contributed by atoms with van der Waals surface area (Å²) in [5.74, 6) is -0.109. The van der Waals surface area contributed by atoms with Gasteiger partial charge in [-0.25, -0.2) is 0 Å². The molecule has 0 heterocycles. The summed E-state index contributed by atoms with van der Waals surface area (Å²) in [6, 6.07) is 14.1. The highest BCUT2D eigenvalue weighted by Crippen LogP contribution is 2.24. The molecule has 0 bridgehead atoms. The predicted octanol–water partition coefficient (Wildman–Crippen LogP) is 2.54. The monoisotopic (exact) mass is 357 g/mol. The Labute approximate surface area is 152 Å². The molecule has 0 aliphatic carbocycles. The number of carboxylic acid groups (broad SMARTS) is 1. The number of rotatable bonds is 8. The van der Waals surface area contributed by atoms with Gasteiger partial charge in [0, 0.05) is 6.54 Å². The lowest BCUT2D eigenvalue weighted by Crippen LogP contribution is -2.45. The Bertz CT molecular complexity index is 775. The van der Waals surface area contributed by atoms with E-state index < -0.39 is 11.4 Å². The molecule has 1 amide bonds. The van der Waals surface area contributed by atoms with Gasteiger partial charge in [-0.1, -0.05) is 30.3 Å². The average molecular weight is 357 g/mol. The Morgan fingerprint density at radius 2 is 1.85 bits per heavy atom. The van der Waals surface area contributed by atoms with Crippen molar-refractivity contribution in [2.24, 2.45) is 0 Å². The van der Waals surface area contributed by atoms with Crippen LogP contribution in [-0.4, -0.2) is 37.2 Å². The van der Waals surface area contributed by atoms with Crippen LogP contribution in [0.5, 0.6) is 11.5 Å². The molecule has 2 aromatic rings. The zero-order valence-electron chi connectivity index (χ0n) is 15.1. The van der Waals surface area contributed by atoms with Crippen molar-refractivity contribution in [3.05, 3.63) is 59.7 Å². The van der Waals surface area contributed by atoms with Crippen molar-refractivity contribution in [3.63, 3.8) is 0 Å². The second-order valence-electron chi connectivity index (χ2n) is 6.20. The van der Waals surface area contributed by atoms with E-state index in [2.05, 4.69) is 5.32 Å². The largest absolute Gasteiger partial charge is 0.496 e. The Kier molecular flexibility index (Phi) is 6.22. The van der Waals surface area contributed by atoms with E-state index in [1.165, 1.54) is 0 Å². The molecule has 0 spiro atoms. The molecule has 0 fully saturated rings. The molecule has 2 rings (SSSR count).